The number of halogens is 1. The molecule has 0 aliphatic carbocycles. The highest BCUT2D eigenvalue weighted by Crippen LogP contribution is 2.25. The molecule has 2 aromatic carbocycles. The predicted octanol–water partition coefficient (Wildman–Crippen LogP) is 1.80. The van der Waals surface area contributed by atoms with Gasteiger partial charge < -0.3 is 21.1 Å². The van der Waals surface area contributed by atoms with Gasteiger partial charge in [0.2, 0.25) is 17.7 Å². The molecular weight excluding hydrogens is 578 g/mol. The molecule has 0 fully saturated rings. The Hall–Kier alpha value is -4.65. The van der Waals surface area contributed by atoms with Crippen molar-refractivity contribution in [3.05, 3.63) is 65.2 Å². The minimum atomic E-state index is -1.44. The summed E-state index contributed by atoms with van der Waals surface area (Å²) < 4.78 is 1.16. The molecule has 3 aromatic rings. The number of carboxylic acids is 1. The quantitative estimate of drug-likeness (QED) is 0.199. The lowest BCUT2D eigenvalue weighted by molar-refractivity contribution is -0.140. The van der Waals surface area contributed by atoms with Gasteiger partial charge in [0.1, 0.15) is 18.6 Å². The molecule has 0 radical (unpaired) electrons. The summed E-state index contributed by atoms with van der Waals surface area (Å²) in [6.07, 6.45) is -0.0304. The van der Waals surface area contributed by atoms with Crippen molar-refractivity contribution in [2.45, 2.75) is 64.7 Å². The molecule has 0 spiro atoms. The predicted molar refractivity (Wildman–Crippen MR) is 157 cm³/mol. The zero-order valence-electron chi connectivity index (χ0n) is 24.0. The number of aromatic nitrogens is 4. The Balaban J connectivity index is 1.62. The molecule has 43 heavy (non-hydrogen) atoms. The third-order valence-electron chi connectivity index (χ3n) is 6.54. The molecule has 3 rings (SSSR count). The summed E-state index contributed by atoms with van der Waals surface area (Å²) in [5.74, 6) is -3.80. The Labute approximate surface area is 253 Å². The van der Waals surface area contributed by atoms with Crippen molar-refractivity contribution in [1.82, 2.24) is 36.2 Å². The zero-order chi connectivity index (χ0) is 31.5. The molecule has 13 nitrogen and oxygen atoms in total. The molecule has 4 N–H and O–H groups in total. The molecule has 228 valence electrons. The fourth-order valence-electron chi connectivity index (χ4n) is 4.17. The van der Waals surface area contributed by atoms with Crippen molar-refractivity contribution in [1.29, 1.82) is 0 Å². The van der Waals surface area contributed by atoms with Crippen LogP contribution < -0.4 is 16.0 Å². The van der Waals surface area contributed by atoms with E-state index in [2.05, 4.69) is 31.5 Å². The SMILES string of the molecule is CC(C)[C@H](NC(=O)CCc1ccccc1)C(=O)N[C@@H](C)C(=O)NC(CC(=O)O)C(=O)Cn1nnnc1-c1ccccc1Cl. The number of aliphatic carboxylic acids is 1. The summed E-state index contributed by atoms with van der Waals surface area (Å²) in [5.41, 5.74) is 1.45. The number of hydrogen-bond acceptors (Lipinski definition) is 8. The summed E-state index contributed by atoms with van der Waals surface area (Å²) in [4.78, 5) is 63.2. The molecule has 1 heterocycles. The van der Waals surface area contributed by atoms with Gasteiger partial charge in [0.15, 0.2) is 11.6 Å². The molecule has 1 aromatic heterocycles. The number of nitrogens with one attached hydrogen (secondary N) is 3. The number of carbonyl (C=O) groups is 5. The lowest BCUT2D eigenvalue weighted by atomic mass is 10.0. The van der Waals surface area contributed by atoms with Gasteiger partial charge in [0.05, 0.1) is 17.5 Å². The Bertz CT molecular complexity index is 1450. The van der Waals surface area contributed by atoms with E-state index in [-0.39, 0.29) is 24.1 Å². The molecule has 0 saturated heterocycles. The highest BCUT2D eigenvalue weighted by molar-refractivity contribution is 6.33. The maximum atomic E-state index is 13.1. The fourth-order valence-corrected chi connectivity index (χ4v) is 4.39. The minimum Gasteiger partial charge on any atom is -0.481 e. The number of carboxylic acid groups (broad SMARTS) is 1. The molecule has 14 heteroatoms. The lowest BCUT2D eigenvalue weighted by Gasteiger charge is -2.25. The van der Waals surface area contributed by atoms with E-state index < -0.39 is 54.7 Å². The van der Waals surface area contributed by atoms with Gasteiger partial charge in [-0.2, -0.15) is 0 Å². The number of aryl methyl sites for hydroxylation is 1. The fraction of sp³-hybridized carbons (Fsp3) is 0.379. The molecule has 0 bridgehead atoms. The van der Waals surface area contributed by atoms with Crippen LogP contribution in [-0.4, -0.2) is 72.9 Å². The van der Waals surface area contributed by atoms with Crippen LogP contribution in [0.15, 0.2) is 54.6 Å². The van der Waals surface area contributed by atoms with Crippen LogP contribution in [0.5, 0.6) is 0 Å². The Kier molecular flexibility index (Phi) is 11.9. The van der Waals surface area contributed by atoms with E-state index in [1.54, 1.807) is 38.1 Å². The highest BCUT2D eigenvalue weighted by atomic mass is 35.5. The van der Waals surface area contributed by atoms with Crippen molar-refractivity contribution >= 4 is 41.1 Å². The second-order valence-corrected chi connectivity index (χ2v) is 10.7. The third-order valence-corrected chi connectivity index (χ3v) is 6.87. The van der Waals surface area contributed by atoms with Crippen LogP contribution >= 0.6 is 11.6 Å². The monoisotopic (exact) mass is 611 g/mol. The van der Waals surface area contributed by atoms with Gasteiger partial charge in [-0.15, -0.1) is 5.10 Å². The number of Topliss-reactive ketones (excluding diaryl/α,β-unsaturated/α-hetero) is 1. The molecular formula is C29H34ClN7O6. The molecule has 0 saturated carbocycles. The Morgan fingerprint density at radius 3 is 2.23 bits per heavy atom. The van der Waals surface area contributed by atoms with Crippen LogP contribution in [0.2, 0.25) is 5.02 Å². The van der Waals surface area contributed by atoms with Crippen molar-refractivity contribution in [3.63, 3.8) is 0 Å². The number of rotatable bonds is 15. The van der Waals surface area contributed by atoms with Gasteiger partial charge >= 0.3 is 5.97 Å². The Morgan fingerprint density at radius 1 is 0.907 bits per heavy atom. The number of carbonyl (C=O) groups excluding carboxylic acids is 4. The van der Waals surface area contributed by atoms with E-state index >= 15 is 0 Å². The van der Waals surface area contributed by atoms with Crippen LogP contribution in [0.25, 0.3) is 11.4 Å². The topological polar surface area (TPSA) is 185 Å². The van der Waals surface area contributed by atoms with Crippen molar-refractivity contribution in [2.75, 3.05) is 0 Å². The maximum Gasteiger partial charge on any atom is 0.305 e. The molecule has 3 amide bonds. The van der Waals surface area contributed by atoms with E-state index in [0.29, 0.717) is 17.0 Å². The van der Waals surface area contributed by atoms with Crippen LogP contribution in [-0.2, 0) is 36.9 Å². The van der Waals surface area contributed by atoms with Crippen molar-refractivity contribution in [2.24, 2.45) is 5.92 Å². The molecule has 1 unspecified atom stereocenters. The number of amides is 3. The normalized spacial score (nSPS) is 13.0. The largest absolute Gasteiger partial charge is 0.481 e. The smallest absolute Gasteiger partial charge is 0.305 e. The summed E-state index contributed by atoms with van der Waals surface area (Å²) in [5, 5.41) is 28.7. The van der Waals surface area contributed by atoms with Crippen LogP contribution in [0, 0.1) is 5.92 Å². The lowest BCUT2D eigenvalue weighted by Crippen LogP contribution is -2.56. The average Bonchev–Trinajstić information content (AvgIpc) is 3.42. The standard InChI is InChI=1S/C29H34ClN7O6/c1-17(2)26(33-24(39)14-13-19-9-5-4-6-10-19)29(43)31-18(3)28(42)32-22(15-25(40)41)23(38)16-37-27(34-35-36-37)20-11-7-8-12-21(20)30/h4-12,17-18,22,26H,13-16H2,1-3H3,(H,31,43)(H,32,42)(H,33,39)(H,40,41)/t18-,22?,26-/m0/s1. The number of ketones is 1. The van der Waals surface area contributed by atoms with Crippen molar-refractivity contribution < 1.29 is 29.1 Å². The van der Waals surface area contributed by atoms with Gasteiger partial charge in [-0.1, -0.05) is 67.9 Å². The zero-order valence-corrected chi connectivity index (χ0v) is 24.7. The summed E-state index contributed by atoms with van der Waals surface area (Å²) >= 11 is 6.23. The number of nitrogens with zero attached hydrogens (tertiary/aromatic N) is 4. The van der Waals surface area contributed by atoms with Gasteiger partial charge in [-0.05, 0) is 47.4 Å². The summed E-state index contributed by atoms with van der Waals surface area (Å²) in [6.45, 7) is 4.45. The summed E-state index contributed by atoms with van der Waals surface area (Å²) in [7, 11) is 0. The molecule has 0 aliphatic rings. The number of hydrogen-bond donors (Lipinski definition) is 4. The first kappa shape index (κ1) is 32.9. The van der Waals surface area contributed by atoms with E-state index in [0.717, 1.165) is 10.2 Å². The van der Waals surface area contributed by atoms with Crippen LogP contribution in [0.1, 0.15) is 39.2 Å². The van der Waals surface area contributed by atoms with E-state index in [9.17, 15) is 29.1 Å². The second kappa shape index (κ2) is 15.5. The number of tetrazole rings is 1. The first-order valence-electron chi connectivity index (χ1n) is 13.7. The van der Waals surface area contributed by atoms with E-state index in [4.69, 9.17) is 11.6 Å². The Morgan fingerprint density at radius 2 is 1.58 bits per heavy atom. The first-order valence-corrected chi connectivity index (χ1v) is 14.0. The highest BCUT2D eigenvalue weighted by Gasteiger charge is 2.30. The minimum absolute atomic E-state index is 0.176. The molecule has 3 atom stereocenters. The van der Waals surface area contributed by atoms with Crippen LogP contribution in [0.4, 0.5) is 0 Å². The average molecular weight is 612 g/mol. The van der Waals surface area contributed by atoms with Crippen LogP contribution in [0.3, 0.4) is 0 Å². The maximum absolute atomic E-state index is 13.1. The number of benzene rings is 2. The first-order chi connectivity index (χ1) is 20.5. The summed E-state index contributed by atoms with van der Waals surface area (Å²) in [6, 6.07) is 12.7. The second-order valence-electron chi connectivity index (χ2n) is 10.3. The van der Waals surface area contributed by atoms with E-state index in [1.165, 1.54) is 6.92 Å². The van der Waals surface area contributed by atoms with Gasteiger partial charge in [0, 0.05) is 12.0 Å². The van der Waals surface area contributed by atoms with Gasteiger partial charge in [0.25, 0.3) is 0 Å². The van der Waals surface area contributed by atoms with Gasteiger partial charge in [-0.3, -0.25) is 24.0 Å². The molecule has 0 aliphatic heterocycles. The third kappa shape index (κ3) is 9.70. The van der Waals surface area contributed by atoms with Crippen molar-refractivity contribution in [3.8, 4) is 11.4 Å². The van der Waals surface area contributed by atoms with E-state index in [1.807, 2.05) is 30.3 Å². The van der Waals surface area contributed by atoms with Gasteiger partial charge in [-0.25, -0.2) is 4.68 Å².